The third-order valence-electron chi connectivity index (χ3n) is 3.87. The predicted octanol–water partition coefficient (Wildman–Crippen LogP) is 3.24. The Kier molecular flexibility index (Phi) is 5.25. The topological polar surface area (TPSA) is 43.7 Å². The van der Waals surface area contributed by atoms with Crippen LogP contribution in [-0.2, 0) is 0 Å². The average Bonchev–Trinajstić information content (AvgIpc) is 2.90. The summed E-state index contributed by atoms with van der Waals surface area (Å²) < 4.78 is 0.992. The molecule has 0 spiro atoms. The van der Waals surface area contributed by atoms with Crippen molar-refractivity contribution in [2.75, 3.05) is 18.1 Å². The summed E-state index contributed by atoms with van der Waals surface area (Å²) in [5.41, 5.74) is 2.02. The Morgan fingerprint density at radius 3 is 2.58 bits per heavy atom. The number of hydrogen-bond acceptors (Lipinski definition) is 3. The number of anilines is 1. The van der Waals surface area contributed by atoms with Crippen LogP contribution in [0.2, 0.25) is 0 Å². The lowest BCUT2D eigenvalue weighted by Gasteiger charge is -2.31. The van der Waals surface area contributed by atoms with Gasteiger partial charge >= 0.3 is 0 Å². The monoisotopic (exact) mass is 327 g/mol. The molecule has 2 N–H and O–H groups in total. The molecule has 0 bridgehead atoms. The number of benzene rings is 1. The Hall–Kier alpha value is -0.580. The third kappa shape index (κ3) is 3.50. The van der Waals surface area contributed by atoms with Crippen molar-refractivity contribution in [2.24, 2.45) is 0 Å². The van der Waals surface area contributed by atoms with Crippen molar-refractivity contribution in [2.45, 2.75) is 44.8 Å². The van der Waals surface area contributed by atoms with E-state index in [9.17, 15) is 10.2 Å². The Bertz CT molecular complexity index is 417. The lowest BCUT2D eigenvalue weighted by molar-refractivity contribution is 0.199. The van der Waals surface area contributed by atoms with E-state index >= 15 is 0 Å². The first-order valence-corrected chi connectivity index (χ1v) is 7.77. The van der Waals surface area contributed by atoms with Crippen LogP contribution in [0.25, 0.3) is 0 Å². The van der Waals surface area contributed by atoms with Crippen LogP contribution in [0.1, 0.15) is 44.3 Å². The van der Waals surface area contributed by atoms with E-state index in [4.69, 9.17) is 0 Å². The van der Waals surface area contributed by atoms with Crippen LogP contribution in [-0.4, -0.2) is 29.4 Å². The van der Waals surface area contributed by atoms with Crippen LogP contribution in [0.3, 0.4) is 0 Å². The molecule has 1 saturated carbocycles. The van der Waals surface area contributed by atoms with Crippen molar-refractivity contribution in [1.82, 2.24) is 0 Å². The Morgan fingerprint density at radius 2 is 2.05 bits per heavy atom. The predicted molar refractivity (Wildman–Crippen MR) is 81.5 cm³/mol. The van der Waals surface area contributed by atoms with Gasteiger partial charge in [-0.1, -0.05) is 18.9 Å². The molecule has 1 aromatic carbocycles. The van der Waals surface area contributed by atoms with E-state index in [0.29, 0.717) is 12.6 Å². The van der Waals surface area contributed by atoms with Gasteiger partial charge in [-0.05, 0) is 53.4 Å². The second kappa shape index (κ2) is 6.73. The highest BCUT2D eigenvalue weighted by Crippen LogP contribution is 2.34. The molecule has 19 heavy (non-hydrogen) atoms. The van der Waals surface area contributed by atoms with Crippen molar-refractivity contribution in [1.29, 1.82) is 0 Å². The zero-order valence-electron chi connectivity index (χ0n) is 11.3. The Labute approximate surface area is 123 Å². The van der Waals surface area contributed by atoms with Crippen LogP contribution in [0.15, 0.2) is 22.7 Å². The number of aliphatic hydroxyl groups is 2. The standard InChI is InChI=1S/C15H22BrNO2/c1-11(19)12-6-7-15(14(16)10-12)17(8-9-18)13-4-2-3-5-13/h6-7,10-11,13,18-19H,2-5,8-9H2,1H3/t11-/m0/s1. The molecule has 2 rings (SSSR count). The molecular weight excluding hydrogens is 306 g/mol. The van der Waals surface area contributed by atoms with Crippen LogP contribution >= 0.6 is 15.9 Å². The number of halogens is 1. The van der Waals surface area contributed by atoms with Crippen molar-refractivity contribution >= 4 is 21.6 Å². The van der Waals surface area contributed by atoms with Gasteiger partial charge in [0, 0.05) is 17.1 Å². The first kappa shape index (κ1) is 14.8. The lowest BCUT2D eigenvalue weighted by atomic mass is 10.1. The van der Waals surface area contributed by atoms with E-state index in [-0.39, 0.29) is 6.61 Å². The SMILES string of the molecule is C[C@H](O)c1ccc(N(CCO)C2CCCC2)c(Br)c1. The van der Waals surface area contributed by atoms with Gasteiger partial charge in [0.15, 0.2) is 0 Å². The molecule has 0 heterocycles. The Balaban J connectivity index is 2.25. The highest BCUT2D eigenvalue weighted by Gasteiger charge is 2.24. The van der Waals surface area contributed by atoms with E-state index in [0.717, 1.165) is 15.7 Å². The van der Waals surface area contributed by atoms with Crippen molar-refractivity contribution in [3.63, 3.8) is 0 Å². The molecule has 1 aromatic rings. The van der Waals surface area contributed by atoms with Crippen molar-refractivity contribution < 1.29 is 10.2 Å². The van der Waals surface area contributed by atoms with Crippen LogP contribution in [0.5, 0.6) is 0 Å². The van der Waals surface area contributed by atoms with E-state index in [1.807, 2.05) is 18.2 Å². The van der Waals surface area contributed by atoms with E-state index in [2.05, 4.69) is 20.8 Å². The molecule has 1 aliphatic rings. The third-order valence-corrected chi connectivity index (χ3v) is 4.51. The van der Waals surface area contributed by atoms with Gasteiger partial charge in [-0.15, -0.1) is 0 Å². The van der Waals surface area contributed by atoms with E-state index in [1.165, 1.54) is 25.7 Å². The maximum Gasteiger partial charge on any atom is 0.0762 e. The fraction of sp³-hybridized carbons (Fsp3) is 0.600. The van der Waals surface area contributed by atoms with Crippen LogP contribution in [0, 0.1) is 0 Å². The van der Waals surface area contributed by atoms with Gasteiger partial charge in [0.25, 0.3) is 0 Å². The molecule has 0 radical (unpaired) electrons. The van der Waals surface area contributed by atoms with Gasteiger partial charge in [0.2, 0.25) is 0 Å². The maximum absolute atomic E-state index is 9.62. The van der Waals surface area contributed by atoms with Gasteiger partial charge in [-0.3, -0.25) is 0 Å². The smallest absolute Gasteiger partial charge is 0.0762 e. The number of nitrogens with zero attached hydrogens (tertiary/aromatic N) is 1. The van der Waals surface area contributed by atoms with E-state index < -0.39 is 6.10 Å². The molecule has 0 aromatic heterocycles. The zero-order chi connectivity index (χ0) is 13.8. The largest absolute Gasteiger partial charge is 0.395 e. The highest BCUT2D eigenvalue weighted by molar-refractivity contribution is 9.10. The van der Waals surface area contributed by atoms with Gasteiger partial charge in [-0.25, -0.2) is 0 Å². The quantitative estimate of drug-likeness (QED) is 0.872. The van der Waals surface area contributed by atoms with E-state index in [1.54, 1.807) is 6.92 Å². The van der Waals surface area contributed by atoms with Gasteiger partial charge in [0.1, 0.15) is 0 Å². The summed E-state index contributed by atoms with van der Waals surface area (Å²) in [7, 11) is 0. The molecule has 1 fully saturated rings. The molecule has 3 nitrogen and oxygen atoms in total. The second-order valence-electron chi connectivity index (χ2n) is 5.24. The number of rotatable bonds is 5. The minimum atomic E-state index is -0.455. The molecule has 0 amide bonds. The first-order valence-electron chi connectivity index (χ1n) is 6.98. The van der Waals surface area contributed by atoms with Crippen LogP contribution in [0.4, 0.5) is 5.69 Å². The van der Waals surface area contributed by atoms with Gasteiger partial charge in [-0.2, -0.15) is 0 Å². The fourth-order valence-corrected chi connectivity index (χ4v) is 3.46. The van der Waals surface area contributed by atoms with Crippen molar-refractivity contribution in [3.05, 3.63) is 28.2 Å². The summed E-state index contributed by atoms with van der Waals surface area (Å²) >= 11 is 3.60. The van der Waals surface area contributed by atoms with Gasteiger partial charge < -0.3 is 15.1 Å². The minimum absolute atomic E-state index is 0.168. The summed E-state index contributed by atoms with van der Waals surface area (Å²) in [5.74, 6) is 0. The number of aliphatic hydroxyl groups excluding tert-OH is 2. The normalized spacial score (nSPS) is 17.7. The summed E-state index contributed by atoms with van der Waals surface area (Å²) in [6.45, 7) is 2.60. The molecule has 4 heteroatoms. The molecule has 0 aliphatic heterocycles. The Morgan fingerprint density at radius 1 is 1.37 bits per heavy atom. The maximum atomic E-state index is 9.62. The summed E-state index contributed by atoms with van der Waals surface area (Å²) in [6.07, 6.45) is 4.49. The summed E-state index contributed by atoms with van der Waals surface area (Å²) in [6, 6.07) is 6.50. The molecule has 0 saturated heterocycles. The average molecular weight is 328 g/mol. The minimum Gasteiger partial charge on any atom is -0.395 e. The number of hydrogen-bond donors (Lipinski definition) is 2. The zero-order valence-corrected chi connectivity index (χ0v) is 12.9. The molecular formula is C15H22BrNO2. The second-order valence-corrected chi connectivity index (χ2v) is 6.10. The fourth-order valence-electron chi connectivity index (χ4n) is 2.84. The molecule has 1 aliphatic carbocycles. The molecule has 106 valence electrons. The molecule has 1 atom stereocenters. The van der Waals surface area contributed by atoms with Crippen LogP contribution < -0.4 is 4.90 Å². The highest BCUT2D eigenvalue weighted by atomic mass is 79.9. The molecule has 0 unspecified atom stereocenters. The first-order chi connectivity index (χ1) is 9.13. The lowest BCUT2D eigenvalue weighted by Crippen LogP contribution is -2.35. The van der Waals surface area contributed by atoms with Gasteiger partial charge in [0.05, 0.1) is 18.4 Å². The summed E-state index contributed by atoms with van der Waals surface area (Å²) in [4.78, 5) is 2.29. The summed E-state index contributed by atoms with van der Waals surface area (Å²) in [5, 5.41) is 18.9. The van der Waals surface area contributed by atoms with Crippen molar-refractivity contribution in [3.8, 4) is 0 Å².